The lowest BCUT2D eigenvalue weighted by Gasteiger charge is -2.06. The Hall–Kier alpha value is -1.94. The van der Waals surface area contributed by atoms with E-state index in [1.807, 2.05) is 19.9 Å². The second-order valence-electron chi connectivity index (χ2n) is 3.73. The number of nitrogens with zero attached hydrogens (tertiary/aromatic N) is 1. The van der Waals surface area contributed by atoms with Gasteiger partial charge in [0.05, 0.1) is 18.5 Å². The highest BCUT2D eigenvalue weighted by molar-refractivity contribution is 5.99. The van der Waals surface area contributed by atoms with Crippen LogP contribution >= 0.6 is 0 Å². The van der Waals surface area contributed by atoms with E-state index in [-0.39, 0.29) is 12.5 Å². The number of aromatic nitrogens is 1. The molecule has 1 heterocycles. The summed E-state index contributed by atoms with van der Waals surface area (Å²) in [5.41, 5.74) is 2.28. The molecule has 0 radical (unpaired) electrons. The van der Waals surface area contributed by atoms with Gasteiger partial charge in [-0.05, 0) is 19.4 Å². The van der Waals surface area contributed by atoms with Gasteiger partial charge in [-0.3, -0.25) is 9.78 Å². The summed E-state index contributed by atoms with van der Waals surface area (Å²) in [6, 6.07) is 1.67. The normalized spacial score (nSPS) is 11.8. The summed E-state index contributed by atoms with van der Waals surface area (Å²) < 4.78 is 0. The van der Waals surface area contributed by atoms with E-state index in [1.54, 1.807) is 18.3 Å². The number of carbonyl (C=O) groups is 1. The summed E-state index contributed by atoms with van der Waals surface area (Å²) in [5.74, 6) is -0.231. The van der Waals surface area contributed by atoms with Crippen LogP contribution in [0.25, 0.3) is 0 Å². The largest absolute Gasteiger partial charge is 0.392 e. The summed E-state index contributed by atoms with van der Waals surface area (Å²) in [4.78, 5) is 15.6. The number of anilines is 1. The molecule has 0 bridgehead atoms. The third-order valence-corrected chi connectivity index (χ3v) is 2.57. The van der Waals surface area contributed by atoms with Crippen molar-refractivity contribution in [3.63, 3.8) is 0 Å². The number of pyridine rings is 1. The fraction of sp³-hybridized carbons (Fsp3) is 0.286. The molecule has 1 aromatic rings. The molecule has 18 heavy (non-hydrogen) atoms. The van der Waals surface area contributed by atoms with Crippen LogP contribution in [0.1, 0.15) is 25.8 Å². The Bertz CT molecular complexity index is 465. The molecule has 0 aromatic carbocycles. The Morgan fingerprint density at radius 3 is 2.89 bits per heavy atom. The highest BCUT2D eigenvalue weighted by Gasteiger charge is 2.03. The molecule has 0 unspecified atom stereocenters. The van der Waals surface area contributed by atoms with E-state index < -0.39 is 0 Å². The van der Waals surface area contributed by atoms with Gasteiger partial charge in [-0.25, -0.2) is 0 Å². The molecule has 96 valence electrons. The minimum Gasteiger partial charge on any atom is -0.392 e. The van der Waals surface area contributed by atoms with E-state index in [0.717, 1.165) is 12.0 Å². The lowest BCUT2D eigenvalue weighted by molar-refractivity contribution is -0.111. The van der Waals surface area contributed by atoms with E-state index >= 15 is 0 Å². The summed E-state index contributed by atoms with van der Waals surface area (Å²) in [6.07, 6.45) is 9.21. The number of allylic oxidation sites excluding steroid dienone is 3. The molecule has 4 nitrogen and oxygen atoms in total. The van der Waals surface area contributed by atoms with Crippen LogP contribution in [-0.2, 0) is 11.4 Å². The van der Waals surface area contributed by atoms with Crippen molar-refractivity contribution < 1.29 is 9.90 Å². The van der Waals surface area contributed by atoms with Crippen LogP contribution in [0.2, 0.25) is 0 Å². The van der Waals surface area contributed by atoms with E-state index in [9.17, 15) is 4.79 Å². The van der Waals surface area contributed by atoms with Gasteiger partial charge < -0.3 is 10.4 Å². The molecule has 0 saturated carbocycles. The standard InChI is InChI=1S/C14H18N2O2/c1-3-11(4-2)5-6-14(18)16-13-9-15-8-7-12(13)10-17/h3,5-9,17H,4,10H2,1-2H3,(H,16,18). The molecule has 0 spiro atoms. The van der Waals surface area contributed by atoms with Crippen molar-refractivity contribution in [2.75, 3.05) is 5.32 Å². The molecule has 0 aliphatic rings. The molecule has 4 heteroatoms. The lowest BCUT2D eigenvalue weighted by atomic mass is 10.2. The number of nitrogens with one attached hydrogen (secondary N) is 1. The Morgan fingerprint density at radius 2 is 2.28 bits per heavy atom. The third-order valence-electron chi connectivity index (χ3n) is 2.57. The Balaban J connectivity index is 2.70. The lowest BCUT2D eigenvalue weighted by Crippen LogP contribution is -2.10. The first kappa shape index (κ1) is 14.1. The van der Waals surface area contributed by atoms with Crippen molar-refractivity contribution in [1.82, 2.24) is 4.98 Å². The number of hydrogen-bond acceptors (Lipinski definition) is 3. The first-order valence-electron chi connectivity index (χ1n) is 5.89. The molecule has 1 amide bonds. The third kappa shape index (κ3) is 4.14. The van der Waals surface area contributed by atoms with Crippen molar-refractivity contribution in [1.29, 1.82) is 0 Å². The quantitative estimate of drug-likeness (QED) is 0.619. The van der Waals surface area contributed by atoms with Gasteiger partial charge in [0.25, 0.3) is 0 Å². The molecule has 1 rings (SSSR count). The van der Waals surface area contributed by atoms with Gasteiger partial charge in [-0.1, -0.05) is 24.6 Å². The van der Waals surface area contributed by atoms with Crippen molar-refractivity contribution >= 4 is 11.6 Å². The van der Waals surface area contributed by atoms with Crippen LogP contribution < -0.4 is 5.32 Å². The summed E-state index contributed by atoms with van der Waals surface area (Å²) >= 11 is 0. The van der Waals surface area contributed by atoms with Gasteiger partial charge in [0, 0.05) is 17.8 Å². The molecule has 1 aromatic heterocycles. The fourth-order valence-corrected chi connectivity index (χ4v) is 1.45. The Labute approximate surface area is 107 Å². The average molecular weight is 246 g/mol. The highest BCUT2D eigenvalue weighted by Crippen LogP contribution is 2.13. The van der Waals surface area contributed by atoms with Crippen LogP contribution in [-0.4, -0.2) is 16.0 Å². The SMILES string of the molecule is CC=C(C=CC(=O)Nc1cnccc1CO)CC. The summed E-state index contributed by atoms with van der Waals surface area (Å²) in [6.45, 7) is 3.84. The van der Waals surface area contributed by atoms with Gasteiger partial charge in [0.1, 0.15) is 0 Å². The number of rotatable bonds is 5. The molecule has 2 N–H and O–H groups in total. The molecular formula is C14H18N2O2. The summed E-state index contributed by atoms with van der Waals surface area (Å²) in [7, 11) is 0. The van der Waals surface area contributed by atoms with Crippen LogP contribution in [0.3, 0.4) is 0 Å². The fourth-order valence-electron chi connectivity index (χ4n) is 1.45. The topological polar surface area (TPSA) is 62.2 Å². The molecular weight excluding hydrogens is 228 g/mol. The van der Waals surface area contributed by atoms with E-state index in [2.05, 4.69) is 10.3 Å². The van der Waals surface area contributed by atoms with Crippen LogP contribution in [0, 0.1) is 0 Å². The second-order valence-corrected chi connectivity index (χ2v) is 3.73. The van der Waals surface area contributed by atoms with Crippen molar-refractivity contribution in [2.24, 2.45) is 0 Å². The maximum Gasteiger partial charge on any atom is 0.248 e. The average Bonchev–Trinajstić information content (AvgIpc) is 2.40. The predicted octanol–water partition coefficient (Wildman–Crippen LogP) is 2.42. The number of aliphatic hydroxyl groups excluding tert-OH is 1. The predicted molar refractivity (Wildman–Crippen MR) is 72.0 cm³/mol. The molecule has 0 saturated heterocycles. The van der Waals surface area contributed by atoms with E-state index in [0.29, 0.717) is 11.3 Å². The van der Waals surface area contributed by atoms with E-state index in [4.69, 9.17) is 5.11 Å². The van der Waals surface area contributed by atoms with Crippen LogP contribution in [0.15, 0.2) is 42.3 Å². The zero-order valence-electron chi connectivity index (χ0n) is 10.7. The number of aliphatic hydroxyl groups is 1. The molecule has 0 atom stereocenters. The van der Waals surface area contributed by atoms with Gasteiger partial charge in [0.2, 0.25) is 5.91 Å². The molecule has 0 fully saturated rings. The van der Waals surface area contributed by atoms with Gasteiger partial charge >= 0.3 is 0 Å². The first-order valence-corrected chi connectivity index (χ1v) is 5.89. The number of amides is 1. The van der Waals surface area contributed by atoms with Crippen LogP contribution in [0.5, 0.6) is 0 Å². The highest BCUT2D eigenvalue weighted by atomic mass is 16.3. The monoisotopic (exact) mass is 246 g/mol. The summed E-state index contributed by atoms with van der Waals surface area (Å²) in [5, 5.41) is 11.8. The van der Waals surface area contributed by atoms with Crippen LogP contribution in [0.4, 0.5) is 5.69 Å². The zero-order valence-corrected chi connectivity index (χ0v) is 10.7. The van der Waals surface area contributed by atoms with Gasteiger partial charge in [-0.2, -0.15) is 0 Å². The second kappa shape index (κ2) is 7.40. The maximum atomic E-state index is 11.7. The Morgan fingerprint density at radius 1 is 1.50 bits per heavy atom. The van der Waals surface area contributed by atoms with Crippen molar-refractivity contribution in [3.8, 4) is 0 Å². The van der Waals surface area contributed by atoms with E-state index in [1.165, 1.54) is 12.3 Å². The Kier molecular flexibility index (Phi) is 5.80. The molecule has 0 aliphatic carbocycles. The van der Waals surface area contributed by atoms with Crippen molar-refractivity contribution in [3.05, 3.63) is 47.8 Å². The molecule has 0 aliphatic heterocycles. The van der Waals surface area contributed by atoms with Gasteiger partial charge in [-0.15, -0.1) is 0 Å². The van der Waals surface area contributed by atoms with Crippen molar-refractivity contribution in [2.45, 2.75) is 26.9 Å². The first-order chi connectivity index (χ1) is 8.71. The smallest absolute Gasteiger partial charge is 0.248 e. The zero-order chi connectivity index (χ0) is 13.4. The van der Waals surface area contributed by atoms with Gasteiger partial charge in [0.15, 0.2) is 0 Å². The maximum absolute atomic E-state index is 11.7. The minimum absolute atomic E-state index is 0.128. The number of hydrogen-bond donors (Lipinski definition) is 2. The minimum atomic E-state index is -0.231. The number of carbonyl (C=O) groups excluding carboxylic acids is 1.